The fourth-order valence-electron chi connectivity index (χ4n) is 2.32. The van der Waals surface area contributed by atoms with Crippen molar-refractivity contribution in [3.63, 3.8) is 0 Å². The SMILES string of the molecule is Cl.N[C@H](c1cc(F)cc(C(F)(F)F)c1)C1CCOCC1. The molecule has 0 aliphatic carbocycles. The molecule has 1 heterocycles. The van der Waals surface area contributed by atoms with Crippen LogP contribution < -0.4 is 5.73 Å². The first-order valence-electron chi connectivity index (χ1n) is 6.09. The van der Waals surface area contributed by atoms with Crippen molar-refractivity contribution in [3.05, 3.63) is 35.1 Å². The maximum absolute atomic E-state index is 13.3. The largest absolute Gasteiger partial charge is 0.416 e. The number of benzene rings is 1. The summed E-state index contributed by atoms with van der Waals surface area (Å²) in [5.41, 5.74) is 5.16. The minimum absolute atomic E-state index is 0. The number of hydrogen-bond acceptors (Lipinski definition) is 2. The van der Waals surface area contributed by atoms with Gasteiger partial charge in [-0.15, -0.1) is 12.4 Å². The molecular weight excluding hydrogens is 298 g/mol. The van der Waals surface area contributed by atoms with E-state index in [1.54, 1.807) is 0 Å². The zero-order valence-corrected chi connectivity index (χ0v) is 11.4. The highest BCUT2D eigenvalue weighted by Crippen LogP contribution is 2.34. The van der Waals surface area contributed by atoms with Crippen molar-refractivity contribution in [2.75, 3.05) is 13.2 Å². The molecule has 2 rings (SSSR count). The van der Waals surface area contributed by atoms with Crippen molar-refractivity contribution < 1.29 is 22.3 Å². The van der Waals surface area contributed by atoms with Crippen LogP contribution in [0, 0.1) is 11.7 Å². The van der Waals surface area contributed by atoms with E-state index in [-0.39, 0.29) is 23.9 Å². The van der Waals surface area contributed by atoms with Gasteiger partial charge in [-0.1, -0.05) is 0 Å². The first-order chi connectivity index (χ1) is 8.88. The summed E-state index contributed by atoms with van der Waals surface area (Å²) in [6, 6.07) is 1.90. The summed E-state index contributed by atoms with van der Waals surface area (Å²) in [6.45, 7) is 1.08. The van der Waals surface area contributed by atoms with E-state index in [0.717, 1.165) is 12.1 Å². The van der Waals surface area contributed by atoms with Gasteiger partial charge in [0, 0.05) is 19.3 Å². The van der Waals surface area contributed by atoms with Crippen molar-refractivity contribution in [2.24, 2.45) is 11.7 Å². The molecule has 0 bridgehead atoms. The van der Waals surface area contributed by atoms with Crippen molar-refractivity contribution in [1.82, 2.24) is 0 Å². The quantitative estimate of drug-likeness (QED) is 0.845. The summed E-state index contributed by atoms with van der Waals surface area (Å²) in [5, 5.41) is 0. The highest BCUT2D eigenvalue weighted by atomic mass is 35.5. The number of rotatable bonds is 2. The minimum atomic E-state index is -4.56. The lowest BCUT2D eigenvalue weighted by molar-refractivity contribution is -0.137. The van der Waals surface area contributed by atoms with Gasteiger partial charge in [-0.05, 0) is 42.5 Å². The summed E-state index contributed by atoms with van der Waals surface area (Å²) >= 11 is 0. The maximum atomic E-state index is 13.3. The third-order valence-corrected chi connectivity index (χ3v) is 3.41. The second-order valence-corrected chi connectivity index (χ2v) is 4.75. The molecule has 114 valence electrons. The Hall–Kier alpha value is -0.850. The molecule has 1 atom stereocenters. The second kappa shape index (κ2) is 6.74. The standard InChI is InChI=1S/C13H15F4NO.ClH/c14-11-6-9(5-10(7-11)13(15,16)17)12(18)8-1-3-19-4-2-8;/h5-8,12H,1-4,18H2;1H/t12-;/m0./s1. The molecule has 1 aromatic carbocycles. The van der Waals surface area contributed by atoms with Crippen molar-refractivity contribution in [2.45, 2.75) is 25.1 Å². The molecule has 1 saturated heterocycles. The number of hydrogen-bond donors (Lipinski definition) is 1. The molecule has 0 spiro atoms. The van der Waals surface area contributed by atoms with Crippen LogP contribution in [0.15, 0.2) is 18.2 Å². The lowest BCUT2D eigenvalue weighted by atomic mass is 9.87. The lowest BCUT2D eigenvalue weighted by Gasteiger charge is -2.28. The summed E-state index contributed by atoms with van der Waals surface area (Å²) < 4.78 is 56.4. The molecule has 1 fully saturated rings. The molecule has 2 N–H and O–H groups in total. The van der Waals surface area contributed by atoms with E-state index in [9.17, 15) is 17.6 Å². The summed E-state index contributed by atoms with van der Waals surface area (Å²) in [5.74, 6) is -0.885. The summed E-state index contributed by atoms with van der Waals surface area (Å²) in [6.07, 6.45) is -3.20. The van der Waals surface area contributed by atoms with Gasteiger partial charge in [0.15, 0.2) is 0 Å². The van der Waals surface area contributed by atoms with Crippen LogP contribution in [0.2, 0.25) is 0 Å². The Bertz CT molecular complexity index is 446. The zero-order valence-electron chi connectivity index (χ0n) is 10.6. The van der Waals surface area contributed by atoms with E-state index in [4.69, 9.17) is 10.5 Å². The normalized spacial score (nSPS) is 18.4. The van der Waals surface area contributed by atoms with Crippen LogP contribution in [0.25, 0.3) is 0 Å². The van der Waals surface area contributed by atoms with Gasteiger partial charge in [-0.25, -0.2) is 4.39 Å². The number of nitrogens with two attached hydrogens (primary N) is 1. The van der Waals surface area contributed by atoms with Crippen LogP contribution in [-0.4, -0.2) is 13.2 Å². The fraction of sp³-hybridized carbons (Fsp3) is 0.538. The van der Waals surface area contributed by atoms with Gasteiger partial charge in [0.05, 0.1) is 5.56 Å². The Morgan fingerprint density at radius 3 is 2.30 bits per heavy atom. The molecule has 0 saturated carbocycles. The van der Waals surface area contributed by atoms with Crippen LogP contribution in [-0.2, 0) is 10.9 Å². The Morgan fingerprint density at radius 2 is 1.75 bits per heavy atom. The van der Waals surface area contributed by atoms with Gasteiger partial charge in [-0.3, -0.25) is 0 Å². The van der Waals surface area contributed by atoms with Gasteiger partial charge in [-0.2, -0.15) is 13.2 Å². The third kappa shape index (κ3) is 4.07. The molecule has 1 aliphatic heterocycles. The molecule has 1 aliphatic rings. The third-order valence-electron chi connectivity index (χ3n) is 3.41. The average molecular weight is 314 g/mol. The van der Waals surface area contributed by atoms with E-state index in [2.05, 4.69) is 0 Å². The van der Waals surface area contributed by atoms with Gasteiger partial charge < -0.3 is 10.5 Å². The average Bonchev–Trinajstić information content (AvgIpc) is 2.37. The van der Waals surface area contributed by atoms with E-state index >= 15 is 0 Å². The Labute approximate surface area is 120 Å². The Kier molecular flexibility index (Phi) is 5.79. The molecule has 20 heavy (non-hydrogen) atoms. The number of ether oxygens (including phenoxy) is 1. The zero-order chi connectivity index (χ0) is 14.0. The van der Waals surface area contributed by atoms with Crippen LogP contribution in [0.1, 0.15) is 30.0 Å². The second-order valence-electron chi connectivity index (χ2n) is 4.75. The molecule has 2 nitrogen and oxygen atoms in total. The first-order valence-corrected chi connectivity index (χ1v) is 6.09. The van der Waals surface area contributed by atoms with Gasteiger partial charge in [0.25, 0.3) is 0 Å². The number of alkyl halides is 3. The van der Waals surface area contributed by atoms with E-state index in [1.807, 2.05) is 0 Å². The lowest BCUT2D eigenvalue weighted by Crippen LogP contribution is -2.27. The smallest absolute Gasteiger partial charge is 0.381 e. The minimum Gasteiger partial charge on any atom is -0.381 e. The van der Waals surface area contributed by atoms with E-state index in [1.165, 1.54) is 0 Å². The predicted octanol–water partition coefficient (Wildman–Crippen LogP) is 3.69. The summed E-state index contributed by atoms with van der Waals surface area (Å²) in [4.78, 5) is 0. The van der Waals surface area contributed by atoms with Crippen LogP contribution in [0.3, 0.4) is 0 Å². The molecule has 7 heteroatoms. The van der Waals surface area contributed by atoms with Gasteiger partial charge in [0.2, 0.25) is 0 Å². The molecule has 0 aromatic heterocycles. The molecule has 0 amide bonds. The fourth-order valence-corrected chi connectivity index (χ4v) is 2.32. The summed E-state index contributed by atoms with van der Waals surface area (Å²) in [7, 11) is 0. The first kappa shape index (κ1) is 17.2. The monoisotopic (exact) mass is 313 g/mol. The van der Waals surface area contributed by atoms with Crippen molar-refractivity contribution in [3.8, 4) is 0 Å². The van der Waals surface area contributed by atoms with Gasteiger partial charge in [0.1, 0.15) is 5.82 Å². The van der Waals surface area contributed by atoms with Crippen molar-refractivity contribution in [1.29, 1.82) is 0 Å². The van der Waals surface area contributed by atoms with E-state index in [0.29, 0.717) is 32.1 Å². The molecule has 0 unspecified atom stereocenters. The highest BCUT2D eigenvalue weighted by molar-refractivity contribution is 5.85. The van der Waals surface area contributed by atoms with Crippen LogP contribution in [0.4, 0.5) is 17.6 Å². The van der Waals surface area contributed by atoms with Crippen LogP contribution in [0.5, 0.6) is 0 Å². The predicted molar refractivity (Wildman–Crippen MR) is 69.1 cm³/mol. The number of halogens is 5. The van der Waals surface area contributed by atoms with E-state index < -0.39 is 23.6 Å². The Morgan fingerprint density at radius 1 is 1.15 bits per heavy atom. The van der Waals surface area contributed by atoms with Crippen LogP contribution >= 0.6 is 12.4 Å². The maximum Gasteiger partial charge on any atom is 0.416 e. The molecule has 1 aromatic rings. The molecule has 0 radical (unpaired) electrons. The van der Waals surface area contributed by atoms with Crippen molar-refractivity contribution >= 4 is 12.4 Å². The topological polar surface area (TPSA) is 35.2 Å². The Balaban J connectivity index is 0.00000200. The highest BCUT2D eigenvalue weighted by Gasteiger charge is 2.32. The molecular formula is C13H16ClF4NO. The van der Waals surface area contributed by atoms with Gasteiger partial charge >= 0.3 is 6.18 Å².